The highest BCUT2D eigenvalue weighted by atomic mass is 32.2. The number of hydrogen-bond acceptors (Lipinski definition) is 6. The topological polar surface area (TPSA) is 110 Å². The summed E-state index contributed by atoms with van der Waals surface area (Å²) < 4.78 is 68.0. The summed E-state index contributed by atoms with van der Waals surface area (Å²) in [5.74, 6) is -3.12. The van der Waals surface area contributed by atoms with Crippen LogP contribution in [0.2, 0.25) is 0 Å². The van der Waals surface area contributed by atoms with Gasteiger partial charge in [0.15, 0.2) is 5.82 Å². The molecule has 0 bridgehead atoms. The van der Waals surface area contributed by atoms with Crippen LogP contribution in [0.1, 0.15) is 21.5 Å². The predicted molar refractivity (Wildman–Crippen MR) is 125 cm³/mol. The molecule has 35 heavy (non-hydrogen) atoms. The number of carbonyl (C=O) groups is 1. The smallest absolute Gasteiger partial charge is 0.261 e. The van der Waals surface area contributed by atoms with E-state index in [-0.39, 0.29) is 22.5 Å². The Balaban J connectivity index is 1.70. The van der Waals surface area contributed by atoms with Crippen LogP contribution >= 0.6 is 0 Å². The van der Waals surface area contributed by atoms with Crippen LogP contribution < -0.4 is 9.46 Å². The lowest BCUT2D eigenvalue weighted by Crippen LogP contribution is -2.16. The van der Waals surface area contributed by atoms with Gasteiger partial charge in [-0.3, -0.25) is 9.52 Å². The SMILES string of the molecule is COCCOc1cnc2[nH]cc(C(=O)c3c(F)ccc(NS(=O)(=O)c4cccc(C)c4)c3F)c2c1. The van der Waals surface area contributed by atoms with Gasteiger partial charge in [0, 0.05) is 24.3 Å². The highest BCUT2D eigenvalue weighted by Gasteiger charge is 2.26. The van der Waals surface area contributed by atoms with E-state index in [4.69, 9.17) is 9.47 Å². The van der Waals surface area contributed by atoms with Gasteiger partial charge in [-0.15, -0.1) is 0 Å². The van der Waals surface area contributed by atoms with Crippen molar-refractivity contribution in [3.8, 4) is 5.75 Å². The Morgan fingerprint density at radius 3 is 2.69 bits per heavy atom. The Morgan fingerprint density at radius 2 is 1.94 bits per heavy atom. The van der Waals surface area contributed by atoms with Crippen molar-refractivity contribution in [3.05, 3.63) is 83.2 Å². The number of aromatic nitrogens is 2. The van der Waals surface area contributed by atoms with Crippen LogP contribution in [0, 0.1) is 18.6 Å². The van der Waals surface area contributed by atoms with E-state index in [9.17, 15) is 17.6 Å². The van der Waals surface area contributed by atoms with Crippen molar-refractivity contribution in [2.45, 2.75) is 11.8 Å². The van der Waals surface area contributed by atoms with Crippen molar-refractivity contribution in [1.29, 1.82) is 0 Å². The molecular formula is C24H21F2N3O5S. The molecule has 0 spiro atoms. The average Bonchev–Trinajstić information content (AvgIpc) is 3.24. The molecule has 0 unspecified atom stereocenters. The van der Waals surface area contributed by atoms with Crippen molar-refractivity contribution in [2.75, 3.05) is 25.0 Å². The molecule has 0 fully saturated rings. The Labute approximate surface area is 200 Å². The standard InChI is InChI=1S/C24H21F2N3O5S/c1-14-4-3-5-16(10-14)35(31,32)29-20-7-6-19(25)21(22(20)26)23(30)18-13-28-24-17(18)11-15(12-27-24)34-9-8-33-2/h3-7,10-13,29H,8-9H2,1-2H3,(H,27,28). The number of anilines is 1. The van der Waals surface area contributed by atoms with Crippen LogP contribution in [-0.4, -0.2) is 44.5 Å². The first-order valence-electron chi connectivity index (χ1n) is 10.4. The Bertz CT molecular complexity index is 1520. The number of sulfonamides is 1. The molecule has 4 aromatic rings. The summed E-state index contributed by atoms with van der Waals surface area (Å²) in [4.78, 5) is 20.0. The highest BCUT2D eigenvalue weighted by Crippen LogP contribution is 2.29. The number of nitrogens with zero attached hydrogens (tertiary/aromatic N) is 1. The fourth-order valence-electron chi connectivity index (χ4n) is 3.45. The molecule has 182 valence electrons. The zero-order chi connectivity index (χ0) is 25.2. The third-order valence-electron chi connectivity index (χ3n) is 5.17. The fourth-order valence-corrected chi connectivity index (χ4v) is 4.62. The Morgan fingerprint density at radius 1 is 1.14 bits per heavy atom. The van der Waals surface area contributed by atoms with Crippen LogP contribution in [0.15, 0.2) is 59.8 Å². The van der Waals surface area contributed by atoms with E-state index in [1.807, 2.05) is 0 Å². The molecule has 4 rings (SSSR count). The van der Waals surface area contributed by atoms with E-state index >= 15 is 4.39 Å². The molecule has 2 aromatic carbocycles. The van der Waals surface area contributed by atoms with Crippen LogP contribution in [0.5, 0.6) is 5.75 Å². The molecule has 0 atom stereocenters. The Kier molecular flexibility index (Phi) is 6.81. The largest absolute Gasteiger partial charge is 0.490 e. The average molecular weight is 502 g/mol. The van der Waals surface area contributed by atoms with Gasteiger partial charge >= 0.3 is 0 Å². The monoisotopic (exact) mass is 501 g/mol. The number of ketones is 1. The summed E-state index contributed by atoms with van der Waals surface area (Å²) in [6.07, 6.45) is 2.71. The van der Waals surface area contributed by atoms with Gasteiger partial charge in [-0.2, -0.15) is 0 Å². The van der Waals surface area contributed by atoms with Gasteiger partial charge in [0.2, 0.25) is 5.78 Å². The van der Waals surface area contributed by atoms with E-state index < -0.39 is 38.7 Å². The van der Waals surface area contributed by atoms with Gasteiger partial charge in [0.1, 0.15) is 23.8 Å². The molecule has 0 amide bonds. The van der Waals surface area contributed by atoms with Crippen molar-refractivity contribution in [3.63, 3.8) is 0 Å². The summed E-state index contributed by atoms with van der Waals surface area (Å²) in [6, 6.07) is 9.26. The van der Waals surface area contributed by atoms with E-state index in [1.165, 1.54) is 43.8 Å². The summed E-state index contributed by atoms with van der Waals surface area (Å²) >= 11 is 0. The van der Waals surface area contributed by atoms with Gasteiger partial charge < -0.3 is 14.5 Å². The summed E-state index contributed by atoms with van der Waals surface area (Å²) in [7, 11) is -2.67. The molecule has 0 saturated heterocycles. The quantitative estimate of drug-likeness (QED) is 0.263. The fraction of sp³-hybridized carbons (Fsp3) is 0.167. The van der Waals surface area contributed by atoms with Crippen LogP contribution in [0.25, 0.3) is 11.0 Å². The lowest BCUT2D eigenvalue weighted by molar-refractivity contribution is 0.103. The molecule has 11 heteroatoms. The highest BCUT2D eigenvalue weighted by molar-refractivity contribution is 7.92. The normalized spacial score (nSPS) is 11.5. The number of H-pyrrole nitrogens is 1. The molecule has 0 aliphatic rings. The number of pyridine rings is 1. The van der Waals surface area contributed by atoms with Gasteiger partial charge in [0.05, 0.1) is 29.0 Å². The first-order chi connectivity index (χ1) is 16.7. The maximum Gasteiger partial charge on any atom is 0.261 e. The second-order valence-electron chi connectivity index (χ2n) is 7.65. The number of carbonyl (C=O) groups excluding carboxylic acids is 1. The van der Waals surface area contributed by atoms with E-state index in [1.54, 1.807) is 13.0 Å². The maximum atomic E-state index is 15.3. The van der Waals surface area contributed by atoms with Gasteiger partial charge in [-0.25, -0.2) is 22.2 Å². The first kappa shape index (κ1) is 24.3. The molecule has 2 aromatic heterocycles. The number of hydrogen-bond donors (Lipinski definition) is 2. The van der Waals surface area contributed by atoms with Crippen molar-refractivity contribution in [2.24, 2.45) is 0 Å². The second-order valence-corrected chi connectivity index (χ2v) is 9.33. The Hall–Kier alpha value is -3.83. The maximum absolute atomic E-state index is 15.3. The summed E-state index contributed by atoms with van der Waals surface area (Å²) in [5, 5.41) is 0.287. The molecule has 0 radical (unpaired) electrons. The predicted octanol–water partition coefficient (Wildman–Crippen LogP) is 4.21. The van der Waals surface area contributed by atoms with E-state index in [0.717, 1.165) is 12.1 Å². The number of benzene rings is 2. The first-order valence-corrected chi connectivity index (χ1v) is 11.9. The molecule has 2 heterocycles. The zero-order valence-electron chi connectivity index (χ0n) is 18.8. The van der Waals surface area contributed by atoms with Crippen LogP contribution in [0.3, 0.4) is 0 Å². The van der Waals surface area contributed by atoms with Gasteiger partial charge in [-0.05, 0) is 42.8 Å². The molecule has 0 saturated carbocycles. The minimum absolute atomic E-state index is 0.0545. The third kappa shape index (κ3) is 5.00. The molecule has 0 aliphatic heterocycles. The van der Waals surface area contributed by atoms with E-state index in [0.29, 0.717) is 23.6 Å². The molecule has 2 N–H and O–H groups in total. The number of aromatic amines is 1. The molecule has 0 aliphatic carbocycles. The lowest BCUT2D eigenvalue weighted by Gasteiger charge is -2.12. The summed E-state index contributed by atoms with van der Waals surface area (Å²) in [5.41, 5.74) is -0.522. The second kappa shape index (κ2) is 9.80. The number of ether oxygens (including phenoxy) is 2. The number of halogens is 2. The van der Waals surface area contributed by atoms with Gasteiger partial charge in [0.25, 0.3) is 10.0 Å². The number of methoxy groups -OCH3 is 1. The number of nitrogens with one attached hydrogen (secondary N) is 2. The number of rotatable bonds is 9. The minimum Gasteiger partial charge on any atom is -0.490 e. The van der Waals surface area contributed by atoms with Crippen molar-refractivity contribution < 1.29 is 31.5 Å². The lowest BCUT2D eigenvalue weighted by atomic mass is 10.0. The van der Waals surface area contributed by atoms with Crippen LogP contribution in [0.4, 0.5) is 14.5 Å². The van der Waals surface area contributed by atoms with Gasteiger partial charge in [-0.1, -0.05) is 12.1 Å². The zero-order valence-corrected chi connectivity index (χ0v) is 19.6. The minimum atomic E-state index is -4.19. The molecule has 8 nitrogen and oxygen atoms in total. The van der Waals surface area contributed by atoms with Crippen molar-refractivity contribution in [1.82, 2.24) is 9.97 Å². The van der Waals surface area contributed by atoms with Crippen molar-refractivity contribution >= 4 is 32.5 Å². The number of aryl methyl sites for hydroxylation is 1. The van der Waals surface area contributed by atoms with E-state index in [2.05, 4.69) is 14.7 Å². The summed E-state index contributed by atoms with van der Waals surface area (Å²) in [6.45, 7) is 2.28. The third-order valence-corrected chi connectivity index (χ3v) is 6.53. The van der Waals surface area contributed by atoms with Crippen LogP contribution in [-0.2, 0) is 14.8 Å². The molecular weight excluding hydrogens is 480 g/mol. The number of fused-ring (bicyclic) bond motifs is 1.